The standard InChI is InChI=1S/C15H12BrN3O2/c1-10(20-13-4-2-12(16)3-5-13)15-18-14(19-21-15)11-6-8-17-9-7-11/h2-10H,1H3/t10-/m0/s1. The van der Waals surface area contributed by atoms with Crippen LogP contribution in [0.4, 0.5) is 0 Å². The lowest BCUT2D eigenvalue weighted by molar-refractivity contribution is 0.176. The number of aromatic nitrogens is 3. The highest BCUT2D eigenvalue weighted by molar-refractivity contribution is 9.10. The van der Waals surface area contributed by atoms with E-state index in [0.717, 1.165) is 15.8 Å². The summed E-state index contributed by atoms with van der Waals surface area (Å²) in [5.74, 6) is 1.71. The van der Waals surface area contributed by atoms with Crippen LogP contribution in [0.15, 0.2) is 57.8 Å². The van der Waals surface area contributed by atoms with Crippen molar-refractivity contribution in [2.45, 2.75) is 13.0 Å². The number of rotatable bonds is 4. The summed E-state index contributed by atoms with van der Waals surface area (Å²) in [6.45, 7) is 1.87. The smallest absolute Gasteiger partial charge is 0.267 e. The number of pyridine rings is 1. The summed E-state index contributed by atoms with van der Waals surface area (Å²) >= 11 is 3.38. The van der Waals surface area contributed by atoms with Crippen LogP contribution in [-0.2, 0) is 0 Å². The van der Waals surface area contributed by atoms with Gasteiger partial charge in [-0.25, -0.2) is 0 Å². The summed E-state index contributed by atoms with van der Waals surface area (Å²) in [6, 6.07) is 11.2. The van der Waals surface area contributed by atoms with E-state index in [-0.39, 0.29) is 6.10 Å². The van der Waals surface area contributed by atoms with Gasteiger partial charge in [0.1, 0.15) is 5.75 Å². The summed E-state index contributed by atoms with van der Waals surface area (Å²) in [5.41, 5.74) is 0.857. The van der Waals surface area contributed by atoms with Gasteiger partial charge in [-0.1, -0.05) is 21.1 Å². The molecular weight excluding hydrogens is 334 g/mol. The van der Waals surface area contributed by atoms with Gasteiger partial charge in [-0.2, -0.15) is 4.98 Å². The monoisotopic (exact) mass is 345 g/mol. The Morgan fingerprint density at radius 2 is 1.81 bits per heavy atom. The molecule has 0 aliphatic heterocycles. The molecule has 1 aromatic carbocycles. The zero-order valence-electron chi connectivity index (χ0n) is 11.2. The zero-order chi connectivity index (χ0) is 14.7. The lowest BCUT2D eigenvalue weighted by atomic mass is 10.2. The van der Waals surface area contributed by atoms with E-state index in [9.17, 15) is 0 Å². The highest BCUT2D eigenvalue weighted by Gasteiger charge is 2.16. The Morgan fingerprint density at radius 1 is 1.10 bits per heavy atom. The molecule has 3 aromatic rings. The Hall–Kier alpha value is -2.21. The molecular formula is C15H12BrN3O2. The van der Waals surface area contributed by atoms with E-state index in [0.29, 0.717) is 11.7 Å². The lowest BCUT2D eigenvalue weighted by Crippen LogP contribution is -2.03. The largest absolute Gasteiger partial charge is 0.481 e. The minimum atomic E-state index is -0.325. The molecule has 0 aliphatic rings. The number of halogens is 1. The van der Waals surface area contributed by atoms with Crippen molar-refractivity contribution >= 4 is 15.9 Å². The van der Waals surface area contributed by atoms with E-state index in [1.54, 1.807) is 12.4 Å². The molecule has 6 heteroatoms. The quantitative estimate of drug-likeness (QED) is 0.714. The fourth-order valence-corrected chi connectivity index (χ4v) is 2.05. The third kappa shape index (κ3) is 3.28. The van der Waals surface area contributed by atoms with Crippen LogP contribution in [0.5, 0.6) is 5.75 Å². The van der Waals surface area contributed by atoms with Gasteiger partial charge in [0.05, 0.1) is 0 Å². The van der Waals surface area contributed by atoms with Gasteiger partial charge in [0.2, 0.25) is 5.82 Å². The maximum atomic E-state index is 5.78. The maximum Gasteiger partial charge on any atom is 0.267 e. The van der Waals surface area contributed by atoms with Crippen molar-refractivity contribution in [2.75, 3.05) is 0 Å². The molecule has 106 valence electrons. The lowest BCUT2D eigenvalue weighted by Gasteiger charge is -2.10. The number of hydrogen-bond acceptors (Lipinski definition) is 5. The first-order valence-corrected chi connectivity index (χ1v) is 7.18. The molecule has 2 aromatic heterocycles. The number of ether oxygens (including phenoxy) is 1. The number of nitrogens with zero attached hydrogens (tertiary/aromatic N) is 3. The van der Waals surface area contributed by atoms with Crippen LogP contribution >= 0.6 is 15.9 Å². The molecule has 0 bridgehead atoms. The molecule has 3 rings (SSSR count). The third-order valence-corrected chi connectivity index (χ3v) is 3.38. The molecule has 21 heavy (non-hydrogen) atoms. The Labute approximate surface area is 130 Å². The summed E-state index contributed by atoms with van der Waals surface area (Å²) in [6.07, 6.45) is 3.05. The Morgan fingerprint density at radius 3 is 2.52 bits per heavy atom. The zero-order valence-corrected chi connectivity index (χ0v) is 12.8. The van der Waals surface area contributed by atoms with Gasteiger partial charge in [-0.15, -0.1) is 0 Å². The molecule has 0 N–H and O–H groups in total. The first-order valence-electron chi connectivity index (χ1n) is 6.38. The van der Waals surface area contributed by atoms with E-state index in [4.69, 9.17) is 9.26 Å². The van der Waals surface area contributed by atoms with Crippen molar-refractivity contribution in [3.05, 3.63) is 59.2 Å². The van der Waals surface area contributed by atoms with Crippen molar-refractivity contribution < 1.29 is 9.26 Å². The molecule has 0 unspecified atom stereocenters. The van der Waals surface area contributed by atoms with Gasteiger partial charge < -0.3 is 9.26 Å². The highest BCUT2D eigenvalue weighted by Crippen LogP contribution is 2.24. The van der Waals surface area contributed by atoms with E-state index in [2.05, 4.69) is 31.1 Å². The summed E-state index contributed by atoms with van der Waals surface area (Å²) < 4.78 is 12.0. The van der Waals surface area contributed by atoms with Gasteiger partial charge in [0.15, 0.2) is 6.10 Å². The van der Waals surface area contributed by atoms with Crippen LogP contribution in [0.3, 0.4) is 0 Å². The fraction of sp³-hybridized carbons (Fsp3) is 0.133. The fourth-order valence-electron chi connectivity index (χ4n) is 1.79. The second-order valence-electron chi connectivity index (χ2n) is 4.41. The number of hydrogen-bond donors (Lipinski definition) is 0. The molecule has 5 nitrogen and oxygen atoms in total. The first-order chi connectivity index (χ1) is 10.2. The molecule has 1 atom stereocenters. The normalized spacial score (nSPS) is 12.1. The molecule has 0 amide bonds. The molecule has 0 radical (unpaired) electrons. The first kappa shape index (κ1) is 13.8. The summed E-state index contributed by atoms with van der Waals surface area (Å²) in [7, 11) is 0. The third-order valence-electron chi connectivity index (χ3n) is 2.85. The Kier molecular flexibility index (Phi) is 3.96. The molecule has 0 aliphatic carbocycles. The van der Waals surface area contributed by atoms with E-state index < -0.39 is 0 Å². The van der Waals surface area contributed by atoms with Crippen LogP contribution in [-0.4, -0.2) is 15.1 Å². The second kappa shape index (κ2) is 6.05. The second-order valence-corrected chi connectivity index (χ2v) is 5.32. The van der Waals surface area contributed by atoms with Crippen molar-refractivity contribution in [3.8, 4) is 17.1 Å². The molecule has 0 saturated carbocycles. The summed E-state index contributed by atoms with van der Waals surface area (Å²) in [5, 5.41) is 3.96. The van der Waals surface area contributed by atoms with Crippen molar-refractivity contribution in [3.63, 3.8) is 0 Å². The topological polar surface area (TPSA) is 61.0 Å². The highest BCUT2D eigenvalue weighted by atomic mass is 79.9. The van der Waals surface area contributed by atoms with Crippen LogP contribution < -0.4 is 4.74 Å². The predicted octanol–water partition coefficient (Wildman–Crippen LogP) is 4.03. The molecule has 0 saturated heterocycles. The van der Waals surface area contributed by atoms with Gasteiger partial charge in [0.25, 0.3) is 5.89 Å². The minimum Gasteiger partial charge on any atom is -0.481 e. The van der Waals surface area contributed by atoms with Gasteiger partial charge in [0, 0.05) is 22.4 Å². The molecule has 0 spiro atoms. The Bertz CT molecular complexity index is 713. The van der Waals surface area contributed by atoms with Crippen LogP contribution in [0.2, 0.25) is 0 Å². The van der Waals surface area contributed by atoms with Crippen LogP contribution in [0, 0.1) is 0 Å². The minimum absolute atomic E-state index is 0.325. The molecule has 2 heterocycles. The van der Waals surface area contributed by atoms with E-state index in [1.165, 1.54) is 0 Å². The summed E-state index contributed by atoms with van der Waals surface area (Å²) in [4.78, 5) is 8.32. The van der Waals surface area contributed by atoms with E-state index >= 15 is 0 Å². The predicted molar refractivity (Wildman–Crippen MR) is 80.7 cm³/mol. The van der Waals surface area contributed by atoms with Gasteiger partial charge in [-0.3, -0.25) is 4.98 Å². The van der Waals surface area contributed by atoms with Crippen molar-refractivity contribution in [2.24, 2.45) is 0 Å². The number of benzene rings is 1. The average Bonchev–Trinajstić information content (AvgIpc) is 3.00. The van der Waals surface area contributed by atoms with Gasteiger partial charge >= 0.3 is 0 Å². The Balaban J connectivity index is 1.75. The van der Waals surface area contributed by atoms with Crippen LogP contribution in [0.1, 0.15) is 18.9 Å². The SMILES string of the molecule is C[C@H](Oc1ccc(Br)cc1)c1nc(-c2ccncc2)no1. The average molecular weight is 346 g/mol. The van der Waals surface area contributed by atoms with Crippen molar-refractivity contribution in [1.82, 2.24) is 15.1 Å². The van der Waals surface area contributed by atoms with Crippen LogP contribution in [0.25, 0.3) is 11.4 Å². The van der Waals surface area contributed by atoms with E-state index in [1.807, 2.05) is 43.3 Å². The molecule has 0 fully saturated rings. The maximum absolute atomic E-state index is 5.78. The van der Waals surface area contributed by atoms with Gasteiger partial charge in [-0.05, 0) is 43.3 Å². The van der Waals surface area contributed by atoms with Crippen molar-refractivity contribution in [1.29, 1.82) is 0 Å².